The monoisotopic (exact) mass is 1250 g/mol. The maximum atomic E-state index is 13.2. The minimum atomic E-state index is -0.138. The Bertz CT molecular complexity index is 4220. The molecule has 3 aliphatic carbocycles. The van der Waals surface area contributed by atoms with Crippen LogP contribution >= 0.6 is 0 Å². The first-order chi connectivity index (χ1) is 44.8. The second-order valence-electron chi connectivity index (χ2n) is 26.1. The zero-order valence-electron chi connectivity index (χ0n) is 55.3. The molecular weight excluding hydrogens is 1160 g/mol. The molecule has 8 heterocycles. The molecule has 0 bridgehead atoms. The van der Waals surface area contributed by atoms with Gasteiger partial charge in [-0.25, -0.2) is 15.0 Å². The number of benzene rings is 3. The lowest BCUT2D eigenvalue weighted by Gasteiger charge is -2.29. The van der Waals surface area contributed by atoms with Crippen LogP contribution in [-0.4, -0.2) is 132 Å². The van der Waals surface area contributed by atoms with Crippen molar-refractivity contribution in [3.63, 3.8) is 0 Å². The first kappa shape index (κ1) is 64.0. The van der Waals surface area contributed by atoms with Crippen molar-refractivity contribution in [3.8, 4) is 51.4 Å². The molecular formula is C71H93N15O6. The molecule has 0 spiro atoms. The van der Waals surface area contributed by atoms with Gasteiger partial charge < -0.3 is 44.3 Å². The minimum Gasteiger partial charge on any atom is -0.496 e. The van der Waals surface area contributed by atoms with E-state index in [0.717, 1.165) is 129 Å². The van der Waals surface area contributed by atoms with Crippen molar-refractivity contribution in [3.05, 3.63) is 114 Å². The molecule has 3 saturated carbocycles. The summed E-state index contributed by atoms with van der Waals surface area (Å²) in [6, 6.07) is 19.3. The molecule has 4 N–H and O–H groups in total. The van der Waals surface area contributed by atoms with Crippen LogP contribution in [0.15, 0.2) is 69.0 Å². The standard InChI is InChI=1S/C26H35N5O2.C24H32N6O2.C21H26N4O2/c1-17-23-24(31(29-17)20-7-5-4-6-8-20)26(32)28-25(27-23)21-10-9-19(16-22(21)33-3)15-18-11-13-30(2)14-12-18;1-16-21-22(30(28-16)17-7-4-3-5-8-17)24(31)27-23(26-21)19-10-9-18(15-20(19)32-2)29-13-6-11-25-12-14-29;1-4-14-10-11-16(17(12-14)27-3)20-22-18-13(2)24-25(19(18)21(26)23-20)15-8-6-5-7-9-15/h9-10,16,18,20H,4-8,11-15H2,1-3H3,(H,27,28,32);9-10,15,17,25H,3-8,11-14H2,1-2H3,(H,26,27,31);10-12,15H,4-9H2,1-3H3,(H,22,23,26). The lowest BCUT2D eigenvalue weighted by atomic mass is 9.90. The molecule has 488 valence electrons. The number of H-pyrrole nitrogens is 3. The van der Waals surface area contributed by atoms with E-state index in [-0.39, 0.29) is 28.8 Å². The van der Waals surface area contributed by atoms with Gasteiger partial charge in [-0.1, -0.05) is 76.8 Å². The molecule has 0 amide bonds. The number of rotatable bonds is 13. The van der Waals surface area contributed by atoms with Crippen LogP contribution in [0.3, 0.4) is 0 Å². The summed E-state index contributed by atoms with van der Waals surface area (Å²) in [5.74, 6) is 4.47. The van der Waals surface area contributed by atoms with Crippen LogP contribution in [0.1, 0.15) is 169 Å². The van der Waals surface area contributed by atoms with Crippen molar-refractivity contribution in [2.75, 3.05) is 72.5 Å². The average molecular weight is 1250 g/mol. The molecule has 3 aromatic carbocycles. The summed E-state index contributed by atoms with van der Waals surface area (Å²) in [4.78, 5) is 67.6. The summed E-state index contributed by atoms with van der Waals surface area (Å²) in [6.45, 7) is 14.2. The largest absolute Gasteiger partial charge is 0.496 e. The van der Waals surface area contributed by atoms with E-state index in [0.29, 0.717) is 74.0 Å². The van der Waals surface area contributed by atoms with Crippen LogP contribution in [-0.2, 0) is 12.8 Å². The summed E-state index contributed by atoms with van der Waals surface area (Å²) in [7, 11) is 7.18. The van der Waals surface area contributed by atoms with Gasteiger partial charge in [-0.15, -0.1) is 0 Å². The number of hydrogen-bond donors (Lipinski definition) is 4. The fourth-order valence-corrected chi connectivity index (χ4v) is 14.7. The average Bonchev–Trinajstić information content (AvgIpc) is 1.86. The van der Waals surface area contributed by atoms with Gasteiger partial charge in [0.15, 0.2) is 16.6 Å². The molecule has 21 nitrogen and oxygen atoms in total. The number of aromatic amines is 3. The maximum absolute atomic E-state index is 13.2. The molecule has 9 aromatic rings. The second kappa shape index (κ2) is 28.8. The van der Waals surface area contributed by atoms with Crippen LogP contribution in [0.25, 0.3) is 67.3 Å². The summed E-state index contributed by atoms with van der Waals surface area (Å²) in [5, 5.41) is 17.6. The molecule has 92 heavy (non-hydrogen) atoms. The molecule has 21 heteroatoms. The quantitative estimate of drug-likeness (QED) is 0.0840. The van der Waals surface area contributed by atoms with Gasteiger partial charge in [-0.3, -0.25) is 28.4 Å². The number of nitrogens with zero attached hydrogens (tertiary/aromatic N) is 11. The van der Waals surface area contributed by atoms with Gasteiger partial charge in [0.05, 0.1) is 73.2 Å². The molecule has 0 atom stereocenters. The topological polar surface area (TPSA) is 237 Å². The number of ether oxygens (including phenoxy) is 3. The molecule has 5 fully saturated rings. The first-order valence-corrected chi connectivity index (χ1v) is 34.0. The van der Waals surface area contributed by atoms with E-state index >= 15 is 0 Å². The molecule has 2 aliphatic heterocycles. The van der Waals surface area contributed by atoms with Gasteiger partial charge >= 0.3 is 0 Å². The van der Waals surface area contributed by atoms with Crippen LogP contribution in [0, 0.1) is 26.7 Å². The number of nitrogens with one attached hydrogen (secondary N) is 4. The Balaban J connectivity index is 0.000000134. The highest BCUT2D eigenvalue weighted by Crippen LogP contribution is 2.38. The number of likely N-dealkylation sites (tertiary alicyclic amines) is 1. The number of aromatic nitrogens is 12. The Kier molecular flexibility index (Phi) is 20.0. The van der Waals surface area contributed by atoms with Crippen LogP contribution < -0.4 is 41.1 Å². The van der Waals surface area contributed by atoms with Crippen molar-refractivity contribution >= 4 is 38.8 Å². The predicted molar refractivity (Wildman–Crippen MR) is 364 cm³/mol. The fraction of sp³-hybridized carbons (Fsp3) is 0.535. The third-order valence-electron chi connectivity index (χ3n) is 19.9. The SMILES string of the molecule is CCc1ccc(-c2nc3c(C)nn(C4CCCCC4)c3c(=O)[nH]2)c(OC)c1.COc1cc(CC2CCN(C)CC2)ccc1-c1nc2c(C)nn(C3CCCCC3)c2c(=O)[nH]1.COc1cc(N2CCCNCC2)ccc1-c1nc2c(C)nn(C3CCCCC3)c2c(=O)[nH]1. The maximum Gasteiger partial charge on any atom is 0.277 e. The van der Waals surface area contributed by atoms with Crippen LogP contribution in [0.5, 0.6) is 17.2 Å². The Morgan fingerprint density at radius 1 is 0.467 bits per heavy atom. The third-order valence-corrected chi connectivity index (χ3v) is 19.9. The second-order valence-corrected chi connectivity index (χ2v) is 26.1. The summed E-state index contributed by atoms with van der Waals surface area (Å²) >= 11 is 0. The summed E-state index contributed by atoms with van der Waals surface area (Å²) in [6.07, 6.45) is 22.9. The van der Waals surface area contributed by atoms with Gasteiger partial charge in [-0.05, 0) is 172 Å². The van der Waals surface area contributed by atoms with Crippen molar-refractivity contribution in [2.45, 2.75) is 174 Å². The lowest BCUT2D eigenvalue weighted by Crippen LogP contribution is -2.30. The molecule has 0 radical (unpaired) electrons. The van der Waals surface area contributed by atoms with E-state index in [2.05, 4.69) is 67.3 Å². The van der Waals surface area contributed by atoms with Gasteiger partial charge in [-0.2, -0.15) is 15.3 Å². The van der Waals surface area contributed by atoms with E-state index < -0.39 is 0 Å². The zero-order chi connectivity index (χ0) is 64.0. The van der Waals surface area contributed by atoms with Crippen LogP contribution in [0.2, 0.25) is 0 Å². The van der Waals surface area contributed by atoms with Gasteiger partial charge in [0.1, 0.15) is 51.3 Å². The van der Waals surface area contributed by atoms with Crippen molar-refractivity contribution < 1.29 is 14.2 Å². The number of fused-ring (bicyclic) bond motifs is 3. The summed E-state index contributed by atoms with van der Waals surface area (Å²) in [5.41, 5.74) is 11.8. The Labute approximate surface area is 538 Å². The highest BCUT2D eigenvalue weighted by Gasteiger charge is 2.28. The normalized spacial score (nSPS) is 17.5. The Morgan fingerprint density at radius 2 is 0.870 bits per heavy atom. The number of anilines is 1. The third kappa shape index (κ3) is 13.7. The van der Waals surface area contributed by atoms with E-state index in [1.165, 1.54) is 94.8 Å². The van der Waals surface area contributed by atoms with E-state index in [1.54, 1.807) is 21.3 Å². The lowest BCUT2D eigenvalue weighted by molar-refractivity contribution is 0.219. The number of piperidine rings is 1. The molecule has 2 saturated heterocycles. The van der Waals surface area contributed by atoms with E-state index in [9.17, 15) is 14.4 Å². The van der Waals surface area contributed by atoms with Gasteiger partial charge in [0.25, 0.3) is 16.7 Å². The molecule has 5 aliphatic rings. The summed E-state index contributed by atoms with van der Waals surface area (Å²) < 4.78 is 22.8. The predicted octanol–water partition coefficient (Wildman–Crippen LogP) is 12.1. The smallest absolute Gasteiger partial charge is 0.277 e. The first-order valence-electron chi connectivity index (χ1n) is 34.0. The minimum absolute atomic E-state index is 0.126. The highest BCUT2D eigenvalue weighted by molar-refractivity contribution is 5.82. The number of hydrogen-bond acceptors (Lipinski definition) is 15. The Morgan fingerprint density at radius 3 is 1.29 bits per heavy atom. The fourth-order valence-electron chi connectivity index (χ4n) is 14.7. The van der Waals surface area contributed by atoms with Crippen molar-refractivity contribution in [1.29, 1.82) is 0 Å². The van der Waals surface area contributed by atoms with Crippen molar-refractivity contribution in [1.82, 2.24) is 69.5 Å². The zero-order valence-corrected chi connectivity index (χ0v) is 55.3. The van der Waals surface area contributed by atoms with Crippen LogP contribution in [0.4, 0.5) is 5.69 Å². The Hall–Kier alpha value is -8.17. The van der Waals surface area contributed by atoms with Gasteiger partial charge in [0, 0.05) is 31.4 Å². The highest BCUT2D eigenvalue weighted by atomic mass is 16.5. The number of methoxy groups -OCH3 is 3. The molecule has 14 rings (SSSR count). The molecule has 0 unspecified atom stereocenters. The molecule has 6 aromatic heterocycles. The number of aryl methyl sites for hydroxylation is 4. The van der Waals surface area contributed by atoms with Gasteiger partial charge in [0.2, 0.25) is 0 Å². The van der Waals surface area contributed by atoms with E-state index in [4.69, 9.17) is 39.4 Å². The van der Waals surface area contributed by atoms with E-state index in [1.807, 2.05) is 71.2 Å². The van der Waals surface area contributed by atoms with Crippen molar-refractivity contribution in [2.24, 2.45) is 5.92 Å².